The summed E-state index contributed by atoms with van der Waals surface area (Å²) in [6.45, 7) is 8.08. The van der Waals surface area contributed by atoms with E-state index >= 15 is 0 Å². The minimum Gasteiger partial charge on any atom is -0.406 e. The summed E-state index contributed by atoms with van der Waals surface area (Å²) in [5.74, 6) is -0.452. The molecule has 146 valence electrons. The zero-order chi connectivity index (χ0) is 20.7. The third kappa shape index (κ3) is 7.91. The first-order chi connectivity index (χ1) is 12.5. The molecule has 0 heterocycles. The molecule has 1 rings (SSSR count). The monoisotopic (exact) mass is 382 g/mol. The van der Waals surface area contributed by atoms with Gasteiger partial charge >= 0.3 is 6.36 Å². The van der Waals surface area contributed by atoms with E-state index in [0.29, 0.717) is 29.1 Å². The average molecular weight is 382 g/mol. The molecule has 0 fully saturated rings. The quantitative estimate of drug-likeness (QED) is 0.295. The van der Waals surface area contributed by atoms with Gasteiger partial charge in [0.2, 0.25) is 6.41 Å². The van der Waals surface area contributed by atoms with E-state index in [1.807, 2.05) is 0 Å². The number of halogens is 3. The van der Waals surface area contributed by atoms with E-state index in [2.05, 4.69) is 21.6 Å². The Hall–Kier alpha value is -2.87. The number of rotatable bonds is 8. The zero-order valence-electron chi connectivity index (χ0n) is 15.2. The fourth-order valence-corrected chi connectivity index (χ4v) is 1.78. The number of alkyl halides is 3. The van der Waals surface area contributed by atoms with Crippen molar-refractivity contribution in [2.45, 2.75) is 32.7 Å². The van der Waals surface area contributed by atoms with Crippen LogP contribution in [0.4, 0.5) is 24.5 Å². The number of aliphatic hydroxyl groups is 1. The van der Waals surface area contributed by atoms with Crippen LogP contribution in [-0.4, -0.2) is 29.2 Å². The summed E-state index contributed by atoms with van der Waals surface area (Å²) in [4.78, 5) is 15.1. The smallest absolute Gasteiger partial charge is 0.406 e. The first kappa shape index (κ1) is 22.2. The number of aliphatic imine (C=N–C) groups is 1. The largest absolute Gasteiger partial charge is 0.573 e. The van der Waals surface area contributed by atoms with Crippen LogP contribution >= 0.6 is 0 Å². The van der Waals surface area contributed by atoms with Gasteiger partial charge in [-0.25, -0.2) is 0 Å². The van der Waals surface area contributed by atoms with Crippen molar-refractivity contribution in [2.24, 2.45) is 4.99 Å². The molecule has 0 aromatic heterocycles. The number of carbonyl (C=O) groups excluding carboxylic acids is 1. The lowest BCUT2D eigenvalue weighted by atomic mass is 10.0. The van der Waals surface area contributed by atoms with Crippen molar-refractivity contribution < 1.29 is 27.8 Å². The third-order valence-electron chi connectivity index (χ3n) is 3.39. The topological polar surface area (TPSA) is 70.9 Å². The zero-order valence-corrected chi connectivity index (χ0v) is 15.2. The molecule has 0 saturated heterocycles. The Morgan fingerprint density at radius 2 is 2.00 bits per heavy atom. The Morgan fingerprint density at radius 1 is 1.33 bits per heavy atom. The van der Waals surface area contributed by atoms with Crippen LogP contribution in [0.5, 0.6) is 0 Å². The highest BCUT2D eigenvalue weighted by Gasteiger charge is 2.31. The van der Waals surface area contributed by atoms with E-state index in [4.69, 9.17) is 0 Å². The van der Waals surface area contributed by atoms with Crippen molar-refractivity contribution in [1.82, 2.24) is 0 Å². The fraction of sp³-hybridized carbons (Fsp3) is 0.263. The van der Waals surface area contributed by atoms with Crippen molar-refractivity contribution in [3.8, 4) is 0 Å². The molecule has 1 aromatic carbocycles. The number of amides is 1. The lowest BCUT2D eigenvalue weighted by Crippen LogP contribution is -2.28. The van der Waals surface area contributed by atoms with Gasteiger partial charge in [0.1, 0.15) is 5.76 Å². The van der Waals surface area contributed by atoms with Crippen molar-refractivity contribution in [2.75, 3.05) is 5.32 Å². The molecule has 0 unspecified atom stereocenters. The molecule has 27 heavy (non-hydrogen) atoms. The van der Waals surface area contributed by atoms with Crippen LogP contribution in [0.25, 0.3) is 6.08 Å². The SMILES string of the molecule is C=C/C(=C\C=C\c1ccc(N=C(C)C(C)(C)O)c(NC=O)c1)OC(F)(F)F. The van der Waals surface area contributed by atoms with E-state index in [-0.39, 0.29) is 0 Å². The molecule has 0 atom stereocenters. The van der Waals surface area contributed by atoms with Gasteiger partial charge in [0.15, 0.2) is 0 Å². The lowest BCUT2D eigenvalue weighted by molar-refractivity contribution is -0.303. The molecule has 0 radical (unpaired) electrons. The predicted octanol–water partition coefficient (Wildman–Crippen LogP) is 4.74. The number of hydrogen-bond donors (Lipinski definition) is 2. The van der Waals surface area contributed by atoms with E-state index in [9.17, 15) is 23.1 Å². The number of anilines is 1. The van der Waals surface area contributed by atoms with Crippen molar-refractivity contribution in [1.29, 1.82) is 0 Å². The molecule has 5 nitrogen and oxygen atoms in total. The summed E-state index contributed by atoms with van der Waals surface area (Å²) in [6, 6.07) is 4.87. The Morgan fingerprint density at radius 3 is 2.52 bits per heavy atom. The van der Waals surface area contributed by atoms with Gasteiger partial charge in [0, 0.05) is 5.71 Å². The maximum Gasteiger partial charge on any atom is 0.573 e. The van der Waals surface area contributed by atoms with Crippen LogP contribution in [0.2, 0.25) is 0 Å². The molecule has 8 heteroatoms. The van der Waals surface area contributed by atoms with Gasteiger partial charge in [-0.1, -0.05) is 24.8 Å². The predicted molar refractivity (Wildman–Crippen MR) is 99.6 cm³/mol. The number of ether oxygens (including phenoxy) is 1. The number of carbonyl (C=O) groups is 1. The number of benzene rings is 1. The molecular weight excluding hydrogens is 361 g/mol. The molecule has 0 aliphatic rings. The van der Waals surface area contributed by atoms with Crippen LogP contribution in [-0.2, 0) is 9.53 Å². The van der Waals surface area contributed by atoms with Crippen LogP contribution in [0, 0.1) is 0 Å². The van der Waals surface area contributed by atoms with Crippen LogP contribution in [0.1, 0.15) is 26.3 Å². The summed E-state index contributed by atoms with van der Waals surface area (Å²) in [5.41, 5.74) is 0.742. The van der Waals surface area contributed by atoms with Crippen LogP contribution in [0.3, 0.4) is 0 Å². The average Bonchev–Trinajstić information content (AvgIpc) is 2.54. The van der Waals surface area contributed by atoms with Crippen LogP contribution < -0.4 is 5.32 Å². The first-order valence-electron chi connectivity index (χ1n) is 7.85. The number of nitrogens with zero attached hydrogens (tertiary/aromatic N) is 1. The normalized spacial score (nSPS) is 13.6. The van der Waals surface area contributed by atoms with Gasteiger partial charge in [-0.3, -0.25) is 9.79 Å². The summed E-state index contributed by atoms with van der Waals surface area (Å²) in [6.07, 6.45) is 0.608. The first-order valence-corrected chi connectivity index (χ1v) is 7.85. The van der Waals surface area contributed by atoms with Gasteiger partial charge < -0.3 is 15.2 Å². The second-order valence-corrected chi connectivity index (χ2v) is 5.98. The standard InChI is InChI=1S/C19H21F3N2O3/c1-5-15(27-19(20,21)22)8-6-7-14-9-10-16(17(11-14)23-12-25)24-13(2)18(3,4)26/h5-12,26H,1H2,2-4H3,(H,23,25)/b7-6+,15-8+,24-13?. The molecule has 0 saturated carbocycles. The summed E-state index contributed by atoms with van der Waals surface area (Å²) in [5, 5.41) is 12.5. The minimum atomic E-state index is -4.80. The Kier molecular flexibility index (Phi) is 7.54. The van der Waals surface area contributed by atoms with Gasteiger partial charge in [0.25, 0.3) is 0 Å². The van der Waals surface area contributed by atoms with Gasteiger partial charge in [-0.05, 0) is 50.6 Å². The number of nitrogens with one attached hydrogen (secondary N) is 1. The Labute approximate surface area is 155 Å². The Balaban J connectivity index is 3.12. The van der Waals surface area contributed by atoms with E-state index in [1.165, 1.54) is 12.2 Å². The maximum absolute atomic E-state index is 12.2. The molecule has 0 aliphatic heterocycles. The molecule has 1 aromatic rings. The second kappa shape index (κ2) is 9.18. The fourth-order valence-electron chi connectivity index (χ4n) is 1.78. The Bertz CT molecular complexity index is 773. The van der Waals surface area contributed by atoms with Crippen molar-refractivity contribution in [3.63, 3.8) is 0 Å². The van der Waals surface area contributed by atoms with E-state index < -0.39 is 17.7 Å². The summed E-state index contributed by atoms with van der Waals surface area (Å²) >= 11 is 0. The summed E-state index contributed by atoms with van der Waals surface area (Å²) in [7, 11) is 0. The molecular formula is C19H21F3N2O3. The van der Waals surface area contributed by atoms with Gasteiger partial charge in [-0.15, -0.1) is 13.2 Å². The van der Waals surface area contributed by atoms with E-state index in [1.54, 1.807) is 39.0 Å². The molecule has 2 N–H and O–H groups in total. The highest BCUT2D eigenvalue weighted by Crippen LogP contribution is 2.28. The lowest BCUT2D eigenvalue weighted by Gasteiger charge is -2.17. The molecule has 0 spiro atoms. The minimum absolute atomic E-state index is 0.384. The highest BCUT2D eigenvalue weighted by molar-refractivity contribution is 5.94. The van der Waals surface area contributed by atoms with E-state index in [0.717, 1.165) is 12.2 Å². The van der Waals surface area contributed by atoms with Crippen LogP contribution in [0.15, 0.2) is 53.8 Å². The number of allylic oxidation sites excluding steroid dienone is 3. The van der Waals surface area contributed by atoms with Gasteiger partial charge in [0.05, 0.1) is 17.0 Å². The molecule has 0 bridgehead atoms. The van der Waals surface area contributed by atoms with Crippen molar-refractivity contribution >= 4 is 29.6 Å². The second-order valence-electron chi connectivity index (χ2n) is 5.98. The third-order valence-corrected chi connectivity index (χ3v) is 3.39. The summed E-state index contributed by atoms with van der Waals surface area (Å²) < 4.78 is 40.4. The van der Waals surface area contributed by atoms with Gasteiger partial charge in [-0.2, -0.15) is 0 Å². The molecule has 1 amide bonds. The maximum atomic E-state index is 12.2. The molecule has 0 aliphatic carbocycles. The highest BCUT2D eigenvalue weighted by atomic mass is 19.4. The number of hydrogen-bond acceptors (Lipinski definition) is 4. The van der Waals surface area contributed by atoms with Crippen molar-refractivity contribution in [3.05, 3.63) is 54.3 Å².